The van der Waals surface area contributed by atoms with Crippen LogP contribution in [0.2, 0.25) is 19.6 Å². The maximum atomic E-state index is 2.62. The monoisotopic (exact) mass is 494 g/mol. The Morgan fingerprint density at radius 2 is 1.23 bits per heavy atom. The molecular formula is C33H42Si2. The second-order valence-corrected chi connectivity index (χ2v) is 20.6. The summed E-state index contributed by atoms with van der Waals surface area (Å²) in [5.41, 5.74) is 8.70. The number of hydrogen-bond donors (Lipinski definition) is 0. The van der Waals surface area contributed by atoms with E-state index in [1.165, 1.54) is 38.6 Å². The van der Waals surface area contributed by atoms with Crippen LogP contribution < -0.4 is 20.7 Å². The van der Waals surface area contributed by atoms with Crippen molar-refractivity contribution in [2.45, 2.75) is 68.1 Å². The molecule has 3 aromatic carbocycles. The molecule has 1 aliphatic rings. The largest absolute Gasteiger partial charge is 0.176 e. The third-order valence-electron chi connectivity index (χ3n) is 8.42. The van der Waals surface area contributed by atoms with Crippen LogP contribution >= 0.6 is 0 Å². The smallest absolute Gasteiger partial charge is 0.0656 e. The van der Waals surface area contributed by atoms with Crippen molar-refractivity contribution in [1.29, 1.82) is 0 Å². The van der Waals surface area contributed by atoms with E-state index in [1.54, 1.807) is 20.8 Å². The minimum absolute atomic E-state index is 0.442. The average molecular weight is 495 g/mol. The highest BCUT2D eigenvalue weighted by Gasteiger charge is 2.49. The molecule has 182 valence electrons. The minimum Gasteiger partial charge on any atom is -0.0656 e. The molecule has 0 aromatic heterocycles. The predicted molar refractivity (Wildman–Crippen MR) is 161 cm³/mol. The Morgan fingerprint density at radius 3 is 1.80 bits per heavy atom. The Morgan fingerprint density at radius 1 is 0.600 bits per heavy atom. The van der Waals surface area contributed by atoms with Gasteiger partial charge in [-0.3, -0.25) is 0 Å². The van der Waals surface area contributed by atoms with Gasteiger partial charge in [-0.1, -0.05) is 132 Å². The number of benzene rings is 3. The van der Waals surface area contributed by atoms with E-state index in [0.29, 0.717) is 5.92 Å². The third-order valence-corrected chi connectivity index (χ3v) is 15.8. The van der Waals surface area contributed by atoms with Gasteiger partial charge in [0.25, 0.3) is 0 Å². The lowest BCUT2D eigenvalue weighted by atomic mass is 10.1. The van der Waals surface area contributed by atoms with Gasteiger partial charge in [0.05, 0.1) is 8.07 Å². The number of aryl methyl sites for hydroxylation is 3. The summed E-state index contributed by atoms with van der Waals surface area (Å²) in [6.07, 6.45) is 0. The Kier molecular flexibility index (Phi) is 6.76. The van der Waals surface area contributed by atoms with E-state index in [0.717, 1.165) is 0 Å². The van der Waals surface area contributed by atoms with E-state index in [9.17, 15) is 0 Å². The highest BCUT2D eigenvalue weighted by Crippen LogP contribution is 2.41. The highest BCUT2D eigenvalue weighted by molar-refractivity contribution is 7.16. The first-order valence-corrected chi connectivity index (χ1v) is 18.5. The van der Waals surface area contributed by atoms with E-state index in [4.69, 9.17) is 0 Å². The van der Waals surface area contributed by atoms with Crippen molar-refractivity contribution >= 4 is 36.9 Å². The fourth-order valence-corrected chi connectivity index (χ4v) is 13.7. The van der Waals surface area contributed by atoms with E-state index in [-0.39, 0.29) is 0 Å². The van der Waals surface area contributed by atoms with E-state index in [1.807, 2.05) is 0 Å². The Hall–Kier alpha value is -2.43. The molecule has 0 spiro atoms. The lowest BCUT2D eigenvalue weighted by molar-refractivity contribution is 0.851. The SMILES string of the molecule is CC1=C(C)C(C)C([Si](c2ccccc2)(c2cc(C)cc([Si](C)(C)C)c2)c2cc(C)ccc2C)=C1C. The van der Waals surface area contributed by atoms with Crippen molar-refractivity contribution in [3.8, 4) is 0 Å². The maximum absolute atomic E-state index is 2.62. The average Bonchev–Trinajstić information content (AvgIpc) is 3.00. The zero-order valence-electron chi connectivity index (χ0n) is 23.4. The second-order valence-electron chi connectivity index (χ2n) is 11.8. The molecule has 0 amide bonds. The summed E-state index contributed by atoms with van der Waals surface area (Å²) in [6, 6.07) is 26.3. The molecule has 35 heavy (non-hydrogen) atoms. The molecule has 0 heterocycles. The van der Waals surface area contributed by atoms with Gasteiger partial charge in [-0.05, 0) is 68.6 Å². The van der Waals surface area contributed by atoms with Crippen LogP contribution in [-0.4, -0.2) is 16.1 Å². The van der Waals surface area contributed by atoms with Gasteiger partial charge in [0.15, 0.2) is 8.07 Å². The summed E-state index contributed by atoms with van der Waals surface area (Å²) in [4.78, 5) is 0. The molecule has 0 nitrogen and oxygen atoms in total. The molecule has 0 N–H and O–H groups in total. The van der Waals surface area contributed by atoms with Crippen LogP contribution in [0.3, 0.4) is 0 Å². The molecule has 2 atom stereocenters. The van der Waals surface area contributed by atoms with Gasteiger partial charge < -0.3 is 0 Å². The van der Waals surface area contributed by atoms with Crippen LogP contribution in [0.4, 0.5) is 0 Å². The first-order valence-electron chi connectivity index (χ1n) is 13.0. The lowest BCUT2D eigenvalue weighted by Gasteiger charge is -2.40. The summed E-state index contributed by atoms with van der Waals surface area (Å²) in [5, 5.41) is 7.86. The quantitative estimate of drug-likeness (QED) is 0.282. The number of allylic oxidation sites excluding steroid dienone is 4. The summed E-state index contributed by atoms with van der Waals surface area (Å²) in [6.45, 7) is 23.9. The van der Waals surface area contributed by atoms with Crippen molar-refractivity contribution < 1.29 is 0 Å². The summed E-state index contributed by atoms with van der Waals surface area (Å²) in [7, 11) is -4.06. The van der Waals surface area contributed by atoms with Gasteiger partial charge in [0, 0.05) is 0 Å². The molecule has 3 aromatic rings. The summed E-state index contributed by atoms with van der Waals surface area (Å²) >= 11 is 0. The first-order chi connectivity index (χ1) is 16.4. The van der Waals surface area contributed by atoms with Crippen molar-refractivity contribution in [2.75, 3.05) is 0 Å². The van der Waals surface area contributed by atoms with Gasteiger partial charge in [0.1, 0.15) is 0 Å². The molecule has 0 radical (unpaired) electrons. The minimum atomic E-state index is -2.56. The predicted octanol–water partition coefficient (Wildman–Crippen LogP) is 6.47. The number of hydrogen-bond acceptors (Lipinski definition) is 0. The molecule has 0 saturated carbocycles. The zero-order chi connectivity index (χ0) is 25.7. The van der Waals surface area contributed by atoms with E-state index < -0.39 is 16.1 Å². The third kappa shape index (κ3) is 4.25. The van der Waals surface area contributed by atoms with Crippen molar-refractivity contribution in [3.05, 3.63) is 105 Å². The summed E-state index contributed by atoms with van der Waals surface area (Å²) in [5.74, 6) is 0.442. The maximum Gasteiger partial charge on any atom is 0.176 e. The van der Waals surface area contributed by atoms with Gasteiger partial charge in [-0.2, -0.15) is 0 Å². The summed E-state index contributed by atoms with van der Waals surface area (Å²) < 4.78 is 0. The fourth-order valence-electron chi connectivity index (χ4n) is 6.16. The van der Waals surface area contributed by atoms with Crippen LogP contribution in [-0.2, 0) is 0 Å². The van der Waals surface area contributed by atoms with E-state index in [2.05, 4.69) is 135 Å². The van der Waals surface area contributed by atoms with Crippen LogP contribution in [0.1, 0.15) is 44.4 Å². The van der Waals surface area contributed by atoms with Crippen molar-refractivity contribution in [1.82, 2.24) is 0 Å². The normalized spacial score (nSPS) is 18.3. The molecule has 4 rings (SSSR count). The molecule has 2 unspecified atom stereocenters. The van der Waals surface area contributed by atoms with Crippen molar-refractivity contribution in [2.24, 2.45) is 5.92 Å². The van der Waals surface area contributed by atoms with Crippen LogP contribution in [0.25, 0.3) is 0 Å². The first kappa shape index (κ1) is 25.7. The van der Waals surface area contributed by atoms with E-state index >= 15 is 0 Å². The number of rotatable bonds is 5. The van der Waals surface area contributed by atoms with Crippen molar-refractivity contribution in [3.63, 3.8) is 0 Å². The zero-order valence-corrected chi connectivity index (χ0v) is 25.4. The Labute approximate surface area is 215 Å². The molecule has 2 heteroatoms. The van der Waals surface area contributed by atoms with Gasteiger partial charge >= 0.3 is 0 Å². The standard InChI is InChI=1S/C33H42Si2/c1-22-16-17-24(3)32(20-22)35(29-14-12-11-13-15-29,33-27(6)25(4)26(5)28(33)7)31-19-23(2)18-30(21-31)34(8,9)10/h11-21,27H,1-10H3. The molecule has 0 fully saturated rings. The van der Waals surface area contributed by atoms with Gasteiger partial charge in [0.2, 0.25) is 0 Å². The molecule has 0 aliphatic heterocycles. The Bertz CT molecular complexity index is 1340. The lowest BCUT2D eigenvalue weighted by Crippen LogP contribution is -2.71. The van der Waals surface area contributed by atoms with Gasteiger partial charge in [-0.15, -0.1) is 0 Å². The Balaban J connectivity index is 2.27. The van der Waals surface area contributed by atoms with Gasteiger partial charge in [-0.25, -0.2) is 0 Å². The molecule has 0 saturated heterocycles. The molecule has 1 aliphatic carbocycles. The van der Waals surface area contributed by atoms with Crippen LogP contribution in [0.15, 0.2) is 88.6 Å². The molecular weight excluding hydrogens is 453 g/mol. The topological polar surface area (TPSA) is 0 Å². The second kappa shape index (κ2) is 9.22. The fraction of sp³-hybridized carbons (Fsp3) is 0.333. The molecule has 0 bridgehead atoms. The highest BCUT2D eigenvalue weighted by atomic mass is 28.3. The van der Waals surface area contributed by atoms with Crippen LogP contribution in [0, 0.1) is 26.7 Å². The van der Waals surface area contributed by atoms with Crippen LogP contribution in [0.5, 0.6) is 0 Å².